The zero-order valence-electron chi connectivity index (χ0n) is 40.2. The van der Waals surface area contributed by atoms with Crippen LogP contribution in [0.2, 0.25) is 0 Å². The highest BCUT2D eigenvalue weighted by molar-refractivity contribution is 6.28. The molecule has 14 rings (SSSR count). The molecule has 3 heterocycles. The van der Waals surface area contributed by atoms with Gasteiger partial charge in [-0.05, 0) is 98.1 Å². The Kier molecular flexibility index (Phi) is 10.4. The highest BCUT2D eigenvalue weighted by atomic mass is 15.2. The van der Waals surface area contributed by atoms with Gasteiger partial charge in [-0.25, -0.2) is 4.98 Å². The van der Waals surface area contributed by atoms with E-state index in [1.54, 1.807) is 0 Å². The average molecular weight is 944 g/mol. The van der Waals surface area contributed by atoms with Crippen LogP contribution in [-0.2, 0) is 0 Å². The smallest absolute Gasteiger partial charge is 0.238 e. The molecule has 5 nitrogen and oxygen atoms in total. The topological polar surface area (TPSA) is 48.5 Å². The summed E-state index contributed by atoms with van der Waals surface area (Å²) in [5.41, 5.74) is 18.5. The Labute approximate surface area is 428 Å². The summed E-state index contributed by atoms with van der Waals surface area (Å²) in [4.78, 5) is 16.3. The van der Waals surface area contributed by atoms with Crippen molar-refractivity contribution in [2.45, 2.75) is 0 Å². The number of fused-ring (bicyclic) bond motifs is 7. The fraction of sp³-hybridized carbons (Fsp3) is 0. The third-order valence-corrected chi connectivity index (χ3v) is 14.4. The Balaban J connectivity index is 1.07. The number of aromatic nitrogens is 5. The van der Waals surface area contributed by atoms with E-state index < -0.39 is 0 Å². The maximum Gasteiger partial charge on any atom is 0.238 e. The van der Waals surface area contributed by atoms with Crippen molar-refractivity contribution in [3.63, 3.8) is 0 Å². The molecule has 3 aromatic heterocycles. The number of nitrogens with zero attached hydrogens (tertiary/aromatic N) is 5. The minimum absolute atomic E-state index is 0.534. The minimum Gasteiger partial charge on any atom is -0.307 e. The zero-order valence-corrected chi connectivity index (χ0v) is 40.2. The molecule has 0 aliphatic carbocycles. The lowest BCUT2D eigenvalue weighted by atomic mass is 9.93. The van der Waals surface area contributed by atoms with Crippen molar-refractivity contribution in [2.75, 3.05) is 0 Å². The molecule has 0 saturated heterocycles. The van der Waals surface area contributed by atoms with Gasteiger partial charge in [-0.2, -0.15) is 9.97 Å². The summed E-state index contributed by atoms with van der Waals surface area (Å²) >= 11 is 0. The Morgan fingerprint density at radius 3 is 1.24 bits per heavy atom. The molecule has 14 aromatic rings. The molecule has 346 valence electrons. The van der Waals surface area contributed by atoms with Crippen molar-refractivity contribution in [3.05, 3.63) is 273 Å². The lowest BCUT2D eigenvalue weighted by molar-refractivity contribution is 0.953. The summed E-state index contributed by atoms with van der Waals surface area (Å²) in [5, 5.41) is 4.50. The Morgan fingerprint density at radius 2 is 0.649 bits per heavy atom. The van der Waals surface area contributed by atoms with Crippen molar-refractivity contribution in [2.24, 2.45) is 0 Å². The summed E-state index contributed by atoms with van der Waals surface area (Å²) in [6.45, 7) is 0. The Hall–Kier alpha value is -9.97. The third-order valence-electron chi connectivity index (χ3n) is 14.4. The van der Waals surface area contributed by atoms with Crippen LogP contribution in [0.15, 0.2) is 273 Å². The van der Waals surface area contributed by atoms with Crippen LogP contribution in [0.1, 0.15) is 0 Å². The van der Waals surface area contributed by atoms with Gasteiger partial charge in [0.05, 0.1) is 22.1 Å². The van der Waals surface area contributed by atoms with Gasteiger partial charge in [0.15, 0.2) is 11.6 Å². The van der Waals surface area contributed by atoms with Gasteiger partial charge in [-0.15, -0.1) is 0 Å². The molecule has 0 saturated carbocycles. The molecule has 0 radical (unpaired) electrons. The predicted octanol–water partition coefficient (Wildman–Crippen LogP) is 17.7. The van der Waals surface area contributed by atoms with Crippen molar-refractivity contribution in [1.82, 2.24) is 24.1 Å². The van der Waals surface area contributed by atoms with E-state index in [-0.39, 0.29) is 0 Å². The average Bonchev–Trinajstić information content (AvgIpc) is 4.01. The highest BCUT2D eigenvalue weighted by Gasteiger charge is 2.26. The minimum atomic E-state index is 0.534. The summed E-state index contributed by atoms with van der Waals surface area (Å²) in [6, 6.07) is 97.2. The van der Waals surface area contributed by atoms with Crippen LogP contribution < -0.4 is 0 Å². The normalized spacial score (nSPS) is 11.5. The van der Waals surface area contributed by atoms with Crippen LogP contribution in [0.3, 0.4) is 0 Å². The largest absolute Gasteiger partial charge is 0.307 e. The van der Waals surface area contributed by atoms with E-state index in [2.05, 4.69) is 258 Å². The second kappa shape index (κ2) is 18.0. The monoisotopic (exact) mass is 943 g/mol. The second-order valence-corrected chi connectivity index (χ2v) is 18.8. The molecule has 0 aliphatic heterocycles. The maximum atomic E-state index is 5.53. The number of rotatable bonds is 9. The quantitative estimate of drug-likeness (QED) is 0.145. The van der Waals surface area contributed by atoms with E-state index in [9.17, 15) is 0 Å². The fourth-order valence-corrected chi connectivity index (χ4v) is 10.9. The SMILES string of the molecule is c1ccc(-c2ccc(-c3cccc(-c4cc5c6ccccc6n(-c6ccc(-c7ccccc7)cc6)c5c5c4c4ccccc4n5-c4nc(-c5ccccc5)nc(-c5cccc(-c6ccccc6)c5)n4)c3)cc2)cc1. The van der Waals surface area contributed by atoms with Crippen LogP contribution in [0.4, 0.5) is 0 Å². The lowest BCUT2D eigenvalue weighted by Gasteiger charge is -2.15. The van der Waals surface area contributed by atoms with Crippen LogP contribution in [-0.4, -0.2) is 24.1 Å². The van der Waals surface area contributed by atoms with Gasteiger partial charge < -0.3 is 4.57 Å². The molecule has 0 N–H and O–H groups in total. The molecule has 0 bridgehead atoms. The van der Waals surface area contributed by atoms with E-state index in [1.165, 1.54) is 16.7 Å². The van der Waals surface area contributed by atoms with Gasteiger partial charge in [0, 0.05) is 38.4 Å². The number of para-hydroxylation sites is 2. The summed E-state index contributed by atoms with van der Waals surface area (Å²) in [6.07, 6.45) is 0. The van der Waals surface area contributed by atoms with Crippen molar-refractivity contribution in [1.29, 1.82) is 0 Å². The zero-order chi connectivity index (χ0) is 49.0. The summed E-state index contributed by atoms with van der Waals surface area (Å²) < 4.78 is 4.74. The van der Waals surface area contributed by atoms with E-state index in [1.807, 2.05) is 24.3 Å². The highest BCUT2D eigenvalue weighted by Crippen LogP contribution is 2.47. The van der Waals surface area contributed by atoms with E-state index in [0.29, 0.717) is 17.6 Å². The summed E-state index contributed by atoms with van der Waals surface area (Å²) in [5.74, 6) is 1.72. The van der Waals surface area contributed by atoms with E-state index >= 15 is 0 Å². The molecular weight excluding hydrogens is 899 g/mol. The molecule has 5 heteroatoms. The molecule has 0 unspecified atom stereocenters. The summed E-state index contributed by atoms with van der Waals surface area (Å²) in [7, 11) is 0. The van der Waals surface area contributed by atoms with Gasteiger partial charge in [0.25, 0.3) is 0 Å². The standard InChI is InChI=1S/C69H45N5/c1-5-19-46(20-6-1)49-35-37-51(38-36-49)53-27-17-29-55(43-53)60-45-61-58-31-13-15-33-62(58)73(57-41-39-50(40-42-57)47-21-7-2-8-22-47)65(61)66-64(60)59-32-14-16-34-63(59)74(66)69-71-67(52-25-11-4-12-26-52)70-68(72-69)56-30-18-28-54(44-56)48-23-9-3-10-24-48/h1-45H. The van der Waals surface area contributed by atoms with Crippen LogP contribution in [0, 0.1) is 0 Å². The first-order valence-electron chi connectivity index (χ1n) is 25.1. The van der Waals surface area contributed by atoms with E-state index in [0.717, 1.165) is 99.4 Å². The number of hydrogen-bond acceptors (Lipinski definition) is 3. The van der Waals surface area contributed by atoms with Crippen molar-refractivity contribution >= 4 is 43.6 Å². The Bertz CT molecular complexity index is 4370. The maximum absolute atomic E-state index is 5.53. The Morgan fingerprint density at radius 1 is 0.243 bits per heavy atom. The first-order chi connectivity index (χ1) is 36.7. The van der Waals surface area contributed by atoms with E-state index in [4.69, 9.17) is 15.0 Å². The fourth-order valence-electron chi connectivity index (χ4n) is 10.9. The number of hydrogen-bond donors (Lipinski definition) is 0. The van der Waals surface area contributed by atoms with Gasteiger partial charge in [-0.3, -0.25) is 4.57 Å². The van der Waals surface area contributed by atoms with Crippen molar-refractivity contribution in [3.8, 4) is 90.0 Å². The first-order valence-corrected chi connectivity index (χ1v) is 25.1. The molecule has 11 aromatic carbocycles. The molecule has 0 fully saturated rings. The second-order valence-electron chi connectivity index (χ2n) is 18.8. The molecule has 0 atom stereocenters. The molecule has 74 heavy (non-hydrogen) atoms. The number of benzene rings is 11. The first kappa shape index (κ1) is 42.9. The molecule has 0 aliphatic rings. The van der Waals surface area contributed by atoms with Gasteiger partial charge in [-0.1, -0.05) is 231 Å². The van der Waals surface area contributed by atoms with Crippen LogP contribution in [0.25, 0.3) is 134 Å². The van der Waals surface area contributed by atoms with Crippen LogP contribution >= 0.6 is 0 Å². The molecule has 0 spiro atoms. The predicted molar refractivity (Wildman–Crippen MR) is 307 cm³/mol. The lowest BCUT2D eigenvalue weighted by Crippen LogP contribution is -2.07. The van der Waals surface area contributed by atoms with Gasteiger partial charge in [0.2, 0.25) is 5.95 Å². The van der Waals surface area contributed by atoms with Crippen LogP contribution in [0.5, 0.6) is 0 Å². The van der Waals surface area contributed by atoms with Gasteiger partial charge in [0.1, 0.15) is 0 Å². The molecule has 0 amide bonds. The molecular formula is C69H45N5. The van der Waals surface area contributed by atoms with Crippen molar-refractivity contribution < 1.29 is 0 Å². The third kappa shape index (κ3) is 7.46. The van der Waals surface area contributed by atoms with Gasteiger partial charge >= 0.3 is 0 Å².